The number of thiol groups is 1. The van der Waals surface area contributed by atoms with E-state index in [1.165, 1.54) is 29.7 Å². The largest absolute Gasteiger partial charge is 0.481 e. The first kappa shape index (κ1) is 30.9. The maximum Gasteiger partial charge on any atom is 0.430 e. The standard InChI is InChI=1S/C26H25F6N3O4S2/c1-39-23-17(5-4-12-33-23)15-20-16-34(41(37,38)22-7-3-2-6-21(22)40)13-14-35(20)19-10-8-18(9-11-19)24(36,25(27,28)29)26(30,31)32/h2-12,20,36,40H,13-16H2,1H3/t20-/m1/s1. The molecule has 222 valence electrons. The fourth-order valence-corrected chi connectivity index (χ4v) is 6.83. The first-order valence-electron chi connectivity index (χ1n) is 12.1. The Bertz CT molecular complexity index is 1470. The fourth-order valence-electron chi connectivity index (χ4n) is 4.77. The summed E-state index contributed by atoms with van der Waals surface area (Å²) in [6.45, 7) is -0.0371. The molecule has 4 rings (SSSR count). The third-order valence-corrected chi connectivity index (χ3v) is 9.33. The number of benzene rings is 2. The van der Waals surface area contributed by atoms with Gasteiger partial charge in [0.05, 0.1) is 12.0 Å². The molecule has 2 aromatic carbocycles. The summed E-state index contributed by atoms with van der Waals surface area (Å²) in [5.74, 6) is 0.281. The number of ether oxygens (including phenoxy) is 1. The van der Waals surface area contributed by atoms with Crippen molar-refractivity contribution in [3.63, 3.8) is 0 Å². The number of aliphatic hydroxyl groups is 1. The highest BCUT2D eigenvalue weighted by Crippen LogP contribution is 2.50. The van der Waals surface area contributed by atoms with Crippen LogP contribution in [0.25, 0.3) is 0 Å². The SMILES string of the molecule is COc1ncccc1C[C@@H]1CN(S(=O)(=O)c2ccccc2S)CCN1c1ccc(C(O)(C(F)(F)F)C(F)(F)F)cc1. The normalized spacial score (nSPS) is 17.5. The average Bonchev–Trinajstić information content (AvgIpc) is 2.92. The number of hydrogen-bond acceptors (Lipinski definition) is 7. The molecule has 1 N–H and O–H groups in total. The zero-order valence-corrected chi connectivity index (χ0v) is 23.1. The van der Waals surface area contributed by atoms with E-state index in [1.807, 2.05) is 0 Å². The molecule has 1 atom stereocenters. The fraction of sp³-hybridized carbons (Fsp3) is 0.346. The smallest absolute Gasteiger partial charge is 0.430 e. The second kappa shape index (κ2) is 11.3. The van der Waals surface area contributed by atoms with Gasteiger partial charge in [0.25, 0.3) is 5.60 Å². The lowest BCUT2D eigenvalue weighted by atomic mass is 9.92. The monoisotopic (exact) mass is 621 g/mol. The van der Waals surface area contributed by atoms with Crippen LogP contribution in [0, 0.1) is 0 Å². The molecule has 0 amide bonds. The number of alkyl halides is 6. The maximum atomic E-state index is 13.5. The van der Waals surface area contributed by atoms with Crippen LogP contribution in [-0.4, -0.2) is 68.0 Å². The molecule has 1 aliphatic heterocycles. The summed E-state index contributed by atoms with van der Waals surface area (Å²) < 4.78 is 114. The van der Waals surface area contributed by atoms with Crippen LogP contribution in [0.15, 0.2) is 76.7 Å². The Labute approximate surface area is 237 Å². The molecule has 0 aliphatic carbocycles. The predicted molar refractivity (Wildman–Crippen MR) is 141 cm³/mol. The second-order valence-corrected chi connectivity index (χ2v) is 11.7. The van der Waals surface area contributed by atoms with Gasteiger partial charge < -0.3 is 14.7 Å². The van der Waals surface area contributed by atoms with Crippen LogP contribution in [0.5, 0.6) is 5.88 Å². The number of halogens is 6. The summed E-state index contributed by atoms with van der Waals surface area (Å²) in [6.07, 6.45) is -10.4. The minimum atomic E-state index is -6.02. The van der Waals surface area contributed by atoms with Crippen molar-refractivity contribution >= 4 is 28.3 Å². The van der Waals surface area contributed by atoms with Gasteiger partial charge in [0.2, 0.25) is 15.9 Å². The van der Waals surface area contributed by atoms with E-state index < -0.39 is 39.6 Å². The van der Waals surface area contributed by atoms with E-state index in [0.29, 0.717) is 17.7 Å². The number of rotatable bonds is 7. The minimum absolute atomic E-state index is 0.00238. The minimum Gasteiger partial charge on any atom is -0.481 e. The van der Waals surface area contributed by atoms with Crippen molar-refractivity contribution in [2.24, 2.45) is 0 Å². The maximum absolute atomic E-state index is 13.5. The number of sulfonamides is 1. The highest BCUT2D eigenvalue weighted by atomic mass is 32.2. The highest BCUT2D eigenvalue weighted by molar-refractivity contribution is 7.90. The molecule has 0 saturated carbocycles. The number of anilines is 1. The van der Waals surface area contributed by atoms with Gasteiger partial charge in [0, 0.05) is 53.6 Å². The summed E-state index contributed by atoms with van der Waals surface area (Å²) in [4.78, 5) is 6.08. The van der Waals surface area contributed by atoms with E-state index in [-0.39, 0.29) is 47.4 Å². The zero-order chi connectivity index (χ0) is 30.2. The lowest BCUT2D eigenvalue weighted by Gasteiger charge is -2.42. The van der Waals surface area contributed by atoms with E-state index in [0.717, 1.165) is 12.1 Å². The molecule has 3 aromatic rings. The molecule has 15 heteroatoms. The lowest BCUT2D eigenvalue weighted by molar-refractivity contribution is -0.376. The molecular weight excluding hydrogens is 596 g/mol. The van der Waals surface area contributed by atoms with Gasteiger partial charge in [-0.1, -0.05) is 30.3 Å². The van der Waals surface area contributed by atoms with Crippen LogP contribution >= 0.6 is 12.6 Å². The van der Waals surface area contributed by atoms with E-state index >= 15 is 0 Å². The Morgan fingerprint density at radius 1 is 0.976 bits per heavy atom. The Morgan fingerprint density at radius 2 is 1.61 bits per heavy atom. The van der Waals surface area contributed by atoms with E-state index in [2.05, 4.69) is 17.6 Å². The topological polar surface area (TPSA) is 83.0 Å². The Morgan fingerprint density at radius 3 is 2.20 bits per heavy atom. The van der Waals surface area contributed by atoms with Crippen molar-refractivity contribution in [1.29, 1.82) is 0 Å². The molecule has 2 heterocycles. The van der Waals surface area contributed by atoms with Crippen LogP contribution < -0.4 is 9.64 Å². The third-order valence-electron chi connectivity index (χ3n) is 6.86. The van der Waals surface area contributed by atoms with Gasteiger partial charge in [0.1, 0.15) is 0 Å². The molecule has 41 heavy (non-hydrogen) atoms. The Balaban J connectivity index is 1.71. The van der Waals surface area contributed by atoms with Crippen LogP contribution in [0.2, 0.25) is 0 Å². The highest BCUT2D eigenvalue weighted by Gasteiger charge is 2.71. The lowest BCUT2D eigenvalue weighted by Crippen LogP contribution is -2.56. The van der Waals surface area contributed by atoms with E-state index in [9.17, 15) is 39.9 Å². The number of methoxy groups -OCH3 is 1. The van der Waals surface area contributed by atoms with Gasteiger partial charge in [-0.3, -0.25) is 0 Å². The summed E-state index contributed by atoms with van der Waals surface area (Å²) in [5, 5.41) is 9.75. The van der Waals surface area contributed by atoms with Crippen molar-refractivity contribution in [2.45, 2.75) is 40.2 Å². The van der Waals surface area contributed by atoms with Crippen molar-refractivity contribution in [2.75, 3.05) is 31.6 Å². The van der Waals surface area contributed by atoms with Gasteiger partial charge in [0.15, 0.2) is 0 Å². The van der Waals surface area contributed by atoms with Crippen LogP contribution in [-0.2, 0) is 22.0 Å². The molecule has 7 nitrogen and oxygen atoms in total. The molecule has 0 spiro atoms. The molecule has 1 aliphatic rings. The Hall–Kier alpha value is -3.01. The molecule has 1 saturated heterocycles. The summed E-state index contributed by atoms with van der Waals surface area (Å²) >= 11 is 4.27. The molecule has 0 radical (unpaired) electrons. The molecular formula is C26H25F6N3O4S2. The van der Waals surface area contributed by atoms with Gasteiger partial charge in [-0.2, -0.15) is 30.6 Å². The van der Waals surface area contributed by atoms with E-state index in [4.69, 9.17) is 4.74 Å². The van der Waals surface area contributed by atoms with Gasteiger partial charge in [-0.25, -0.2) is 13.4 Å². The number of hydrogen-bond donors (Lipinski definition) is 2. The molecule has 1 aromatic heterocycles. The average molecular weight is 622 g/mol. The first-order chi connectivity index (χ1) is 19.1. The summed E-state index contributed by atoms with van der Waals surface area (Å²) in [5.41, 5.74) is -5.61. The van der Waals surface area contributed by atoms with Crippen LogP contribution in [0.3, 0.4) is 0 Å². The quantitative estimate of drug-likeness (QED) is 0.291. The number of piperazine rings is 1. The van der Waals surface area contributed by atoms with Crippen molar-refractivity contribution in [1.82, 2.24) is 9.29 Å². The summed E-state index contributed by atoms with van der Waals surface area (Å²) in [6, 6.07) is 12.1. The van der Waals surface area contributed by atoms with E-state index in [1.54, 1.807) is 29.2 Å². The summed E-state index contributed by atoms with van der Waals surface area (Å²) in [7, 11) is -2.59. The third kappa shape index (κ3) is 5.85. The molecule has 0 bridgehead atoms. The van der Waals surface area contributed by atoms with Gasteiger partial charge >= 0.3 is 12.4 Å². The van der Waals surface area contributed by atoms with Crippen molar-refractivity contribution in [3.05, 3.63) is 78.0 Å². The van der Waals surface area contributed by atoms with Crippen LogP contribution in [0.1, 0.15) is 11.1 Å². The number of pyridine rings is 1. The number of nitrogens with zero attached hydrogens (tertiary/aromatic N) is 3. The van der Waals surface area contributed by atoms with Crippen molar-refractivity contribution in [3.8, 4) is 5.88 Å². The zero-order valence-electron chi connectivity index (χ0n) is 21.4. The first-order valence-corrected chi connectivity index (χ1v) is 14.0. The van der Waals surface area contributed by atoms with Gasteiger partial charge in [-0.05, 0) is 36.8 Å². The predicted octanol–water partition coefficient (Wildman–Crippen LogP) is 4.81. The Kier molecular flexibility index (Phi) is 8.56. The van der Waals surface area contributed by atoms with Gasteiger partial charge in [-0.15, -0.1) is 12.6 Å². The molecule has 1 fully saturated rings. The number of aromatic nitrogens is 1. The van der Waals surface area contributed by atoms with Crippen molar-refractivity contribution < 1.29 is 44.6 Å². The second-order valence-electron chi connectivity index (χ2n) is 9.31. The van der Waals surface area contributed by atoms with Crippen LogP contribution in [0.4, 0.5) is 32.0 Å². The molecule has 0 unspecified atom stereocenters.